The topological polar surface area (TPSA) is 105 Å². The first-order chi connectivity index (χ1) is 13.2. The molecule has 9 nitrogen and oxygen atoms in total. The predicted octanol–water partition coefficient (Wildman–Crippen LogP) is -1.18. The molecule has 0 atom stereocenters. The SMILES string of the molecule is COC(=O)C1(C(=O)OC)Cc2ccc([B-]34OC(=O)C[N+]3(C)CC(=O)O4)cc2C1. The zero-order valence-corrected chi connectivity index (χ0v) is 15.9. The van der Waals surface area contributed by atoms with Crippen molar-refractivity contribution in [3.63, 3.8) is 0 Å². The van der Waals surface area contributed by atoms with Gasteiger partial charge in [0, 0.05) is 7.05 Å². The molecule has 28 heavy (non-hydrogen) atoms. The third-order valence-electron chi connectivity index (χ3n) is 6.17. The van der Waals surface area contributed by atoms with Crippen LogP contribution in [0.5, 0.6) is 0 Å². The molecule has 0 amide bonds. The van der Waals surface area contributed by atoms with Gasteiger partial charge < -0.3 is 23.2 Å². The highest BCUT2D eigenvalue weighted by molar-refractivity contribution is 6.79. The summed E-state index contributed by atoms with van der Waals surface area (Å²) in [7, 11) is 4.20. The lowest BCUT2D eigenvalue weighted by atomic mass is 9.60. The molecule has 0 aromatic heterocycles. The molecule has 0 unspecified atom stereocenters. The van der Waals surface area contributed by atoms with Crippen molar-refractivity contribution >= 4 is 36.0 Å². The monoisotopic (exact) mass is 389 g/mol. The van der Waals surface area contributed by atoms with Gasteiger partial charge in [0.1, 0.15) is 13.1 Å². The number of carbonyl (C=O) groups excluding carboxylic acids is 4. The van der Waals surface area contributed by atoms with Crippen LogP contribution in [0.25, 0.3) is 0 Å². The number of likely N-dealkylation sites (N-methyl/N-ethyl adjacent to an activating group) is 1. The van der Waals surface area contributed by atoms with Crippen molar-refractivity contribution in [2.24, 2.45) is 5.41 Å². The molecule has 2 aliphatic heterocycles. The second-order valence-corrected chi connectivity index (χ2v) is 7.89. The van der Waals surface area contributed by atoms with E-state index in [0.29, 0.717) is 5.46 Å². The summed E-state index contributed by atoms with van der Waals surface area (Å²) in [4.78, 5) is 48.8. The van der Waals surface area contributed by atoms with Crippen LogP contribution in [0.15, 0.2) is 18.2 Å². The lowest BCUT2D eigenvalue weighted by molar-refractivity contribution is -0.791. The maximum absolute atomic E-state index is 12.4. The zero-order chi connectivity index (χ0) is 20.3. The Bertz CT molecular complexity index is 890. The Morgan fingerprint density at radius 3 is 2.07 bits per heavy atom. The van der Waals surface area contributed by atoms with Crippen molar-refractivity contribution < 1.29 is 42.4 Å². The molecule has 0 N–H and O–H groups in total. The fourth-order valence-electron chi connectivity index (χ4n) is 4.78. The Hall–Kier alpha value is -2.88. The number of carbonyl (C=O) groups is 4. The Morgan fingerprint density at radius 2 is 1.54 bits per heavy atom. The summed E-state index contributed by atoms with van der Waals surface area (Å²) >= 11 is 0. The van der Waals surface area contributed by atoms with E-state index >= 15 is 0 Å². The number of nitrogens with zero attached hydrogens (tertiary/aromatic N) is 1. The lowest BCUT2D eigenvalue weighted by Crippen LogP contribution is -2.67. The van der Waals surface area contributed by atoms with Crippen LogP contribution in [0.4, 0.5) is 0 Å². The van der Waals surface area contributed by atoms with Crippen LogP contribution in [0.2, 0.25) is 0 Å². The Morgan fingerprint density at radius 1 is 1.00 bits per heavy atom. The first-order valence-corrected chi connectivity index (χ1v) is 8.91. The molecule has 2 saturated heterocycles. The van der Waals surface area contributed by atoms with E-state index in [2.05, 4.69) is 0 Å². The molecule has 0 bridgehead atoms. The molecule has 0 saturated carbocycles. The molecule has 1 aliphatic carbocycles. The van der Waals surface area contributed by atoms with E-state index in [1.54, 1.807) is 25.2 Å². The summed E-state index contributed by atoms with van der Waals surface area (Å²) in [6.45, 7) is -2.30. The van der Waals surface area contributed by atoms with E-state index in [-0.39, 0.29) is 30.3 Å². The van der Waals surface area contributed by atoms with Gasteiger partial charge in [-0.3, -0.25) is 19.2 Å². The molecule has 10 heteroatoms. The highest BCUT2D eigenvalue weighted by atomic mass is 16.7. The number of benzene rings is 1. The van der Waals surface area contributed by atoms with Crippen LogP contribution >= 0.6 is 0 Å². The number of quaternary nitrogens is 1. The number of ether oxygens (including phenoxy) is 2. The minimum Gasteiger partial charge on any atom is -0.596 e. The van der Waals surface area contributed by atoms with E-state index in [1.807, 2.05) is 0 Å². The average Bonchev–Trinajstić information content (AvgIpc) is 3.23. The van der Waals surface area contributed by atoms with E-state index in [4.69, 9.17) is 18.8 Å². The van der Waals surface area contributed by atoms with Gasteiger partial charge in [-0.2, -0.15) is 0 Å². The van der Waals surface area contributed by atoms with Crippen LogP contribution in [0.3, 0.4) is 0 Å². The van der Waals surface area contributed by atoms with Crippen LogP contribution in [0, 0.1) is 5.41 Å². The molecule has 3 aliphatic rings. The number of hydrogen-bond acceptors (Lipinski definition) is 8. The number of fused-ring (bicyclic) bond motifs is 2. The van der Waals surface area contributed by atoms with Crippen LogP contribution in [0.1, 0.15) is 11.1 Å². The van der Waals surface area contributed by atoms with Gasteiger partial charge in [-0.1, -0.05) is 18.2 Å². The maximum Gasteiger partial charge on any atom is 0.614 e. The molecule has 4 rings (SSSR count). The molecule has 2 fully saturated rings. The molecular weight excluding hydrogens is 369 g/mol. The predicted molar refractivity (Wildman–Crippen MR) is 93.8 cm³/mol. The Labute approximate surface area is 161 Å². The van der Waals surface area contributed by atoms with Gasteiger partial charge in [-0.15, -0.1) is 0 Å². The van der Waals surface area contributed by atoms with Gasteiger partial charge in [0.15, 0.2) is 5.41 Å². The van der Waals surface area contributed by atoms with E-state index in [9.17, 15) is 19.2 Å². The van der Waals surface area contributed by atoms with E-state index in [0.717, 1.165) is 11.1 Å². The average molecular weight is 389 g/mol. The molecule has 1 aromatic rings. The fourth-order valence-corrected chi connectivity index (χ4v) is 4.78. The number of methoxy groups -OCH3 is 2. The van der Waals surface area contributed by atoms with Crippen molar-refractivity contribution in [2.75, 3.05) is 34.4 Å². The molecule has 0 radical (unpaired) electrons. The summed E-state index contributed by atoms with van der Waals surface area (Å²) in [6, 6.07) is 5.23. The number of hydrogen-bond donors (Lipinski definition) is 0. The number of rotatable bonds is 3. The largest absolute Gasteiger partial charge is 0.614 e. The van der Waals surface area contributed by atoms with Gasteiger partial charge in [0.25, 0.3) is 0 Å². The third kappa shape index (κ3) is 2.24. The van der Waals surface area contributed by atoms with E-state index < -0.39 is 36.0 Å². The van der Waals surface area contributed by atoms with Crippen molar-refractivity contribution in [3.05, 3.63) is 29.3 Å². The van der Waals surface area contributed by atoms with Gasteiger partial charge in [0.2, 0.25) is 0 Å². The van der Waals surface area contributed by atoms with Crippen molar-refractivity contribution in [1.82, 2.24) is 0 Å². The minimum absolute atomic E-state index is 0.0234. The standard InChI is InChI=1S/C18H20BNO8/c1-20-9-14(21)27-19(20,28-15(22)10-20)13-5-4-11-7-18(16(23)25-2,17(24)26-3)8-12(11)6-13/h4-6H,7-10H2,1-3H3. The molecular formula is C18H20BNO8. The summed E-state index contributed by atoms with van der Waals surface area (Å²) < 4.78 is 20.8. The molecule has 1 aromatic carbocycles. The highest BCUT2D eigenvalue weighted by Crippen LogP contribution is 2.40. The quantitative estimate of drug-likeness (QED) is 0.362. The lowest BCUT2D eigenvalue weighted by Gasteiger charge is -2.40. The van der Waals surface area contributed by atoms with Crippen LogP contribution in [-0.2, 0) is 50.8 Å². The van der Waals surface area contributed by atoms with Gasteiger partial charge in [-0.25, -0.2) is 0 Å². The second-order valence-electron chi connectivity index (χ2n) is 7.89. The first-order valence-electron chi connectivity index (χ1n) is 8.91. The van der Waals surface area contributed by atoms with E-state index in [1.165, 1.54) is 14.2 Å². The van der Waals surface area contributed by atoms with Gasteiger partial charge in [-0.05, 0) is 29.4 Å². The first kappa shape index (κ1) is 18.5. The fraction of sp³-hybridized carbons (Fsp3) is 0.444. The summed E-state index contributed by atoms with van der Waals surface area (Å²) in [6.07, 6.45) is 0.237. The van der Waals surface area contributed by atoms with Crippen molar-refractivity contribution in [3.8, 4) is 0 Å². The second kappa shape index (κ2) is 5.81. The number of esters is 2. The molecule has 0 spiro atoms. The summed E-state index contributed by atoms with van der Waals surface area (Å²) in [5.74, 6) is -2.20. The van der Waals surface area contributed by atoms with Crippen LogP contribution < -0.4 is 5.46 Å². The molecule has 2 heterocycles. The smallest absolute Gasteiger partial charge is 0.596 e. The van der Waals surface area contributed by atoms with Gasteiger partial charge >= 0.3 is 30.6 Å². The Balaban J connectivity index is 1.77. The zero-order valence-electron chi connectivity index (χ0n) is 15.9. The maximum atomic E-state index is 12.4. The van der Waals surface area contributed by atoms with Crippen LogP contribution in [-0.4, -0.2) is 69.3 Å². The molecule has 148 valence electrons. The summed E-state index contributed by atoms with van der Waals surface area (Å²) in [5.41, 5.74) is 0.603. The Kier molecular flexibility index (Phi) is 3.84. The highest BCUT2D eigenvalue weighted by Gasteiger charge is 2.66. The summed E-state index contributed by atoms with van der Waals surface area (Å²) in [5, 5.41) is 0. The van der Waals surface area contributed by atoms with Gasteiger partial charge in [0.05, 0.1) is 14.2 Å². The third-order valence-corrected chi connectivity index (χ3v) is 6.17. The normalized spacial score (nSPS) is 29.5. The minimum atomic E-state index is -2.37. The van der Waals surface area contributed by atoms with Crippen molar-refractivity contribution in [2.45, 2.75) is 12.8 Å². The van der Waals surface area contributed by atoms with Crippen molar-refractivity contribution in [1.29, 1.82) is 0 Å².